The Labute approximate surface area is 89.5 Å². The highest BCUT2D eigenvalue weighted by molar-refractivity contribution is 5.15. The molecule has 1 aromatic carbocycles. The number of aromatic nitrogens is 2. The Balaban J connectivity index is 2.05. The Morgan fingerprint density at radius 2 is 1.93 bits per heavy atom. The van der Waals surface area contributed by atoms with E-state index in [-0.39, 0.29) is 0 Å². The van der Waals surface area contributed by atoms with Crippen LogP contribution in [0.1, 0.15) is 11.1 Å². The maximum Gasteiger partial charge on any atom is 0.0659 e. The minimum atomic E-state index is 0.678. The number of nitrogens with zero attached hydrogens (tertiary/aromatic N) is 2. The van der Waals surface area contributed by atoms with Crippen LogP contribution in [0, 0.1) is 0 Å². The fraction of sp³-hybridized carbons (Fsp3) is 0.250. The minimum Gasteiger partial charge on any atom is -0.330 e. The van der Waals surface area contributed by atoms with Crippen molar-refractivity contribution in [3.05, 3.63) is 53.9 Å². The second-order valence-corrected chi connectivity index (χ2v) is 3.57. The largest absolute Gasteiger partial charge is 0.330 e. The van der Waals surface area contributed by atoms with Gasteiger partial charge in [0.25, 0.3) is 0 Å². The molecule has 1 aromatic heterocycles. The van der Waals surface area contributed by atoms with Crippen LogP contribution < -0.4 is 5.73 Å². The predicted molar refractivity (Wildman–Crippen MR) is 60.5 cm³/mol. The third-order valence-electron chi connectivity index (χ3n) is 2.31. The van der Waals surface area contributed by atoms with Gasteiger partial charge in [0.05, 0.1) is 12.7 Å². The molecular weight excluding hydrogens is 186 g/mol. The molecule has 2 aromatic rings. The van der Waals surface area contributed by atoms with Crippen LogP contribution in [0.15, 0.2) is 42.7 Å². The van der Waals surface area contributed by atoms with E-state index in [0.29, 0.717) is 6.54 Å². The molecule has 2 rings (SSSR count). The van der Waals surface area contributed by atoms with Crippen molar-refractivity contribution in [2.75, 3.05) is 6.54 Å². The van der Waals surface area contributed by atoms with Crippen LogP contribution in [-0.2, 0) is 13.0 Å². The summed E-state index contributed by atoms with van der Waals surface area (Å²) >= 11 is 0. The summed E-state index contributed by atoms with van der Waals surface area (Å²) in [5.41, 5.74) is 7.95. The molecule has 3 heteroatoms. The van der Waals surface area contributed by atoms with E-state index >= 15 is 0 Å². The maximum atomic E-state index is 5.49. The molecule has 0 atom stereocenters. The van der Waals surface area contributed by atoms with E-state index in [4.69, 9.17) is 5.73 Å². The molecule has 0 aliphatic carbocycles. The monoisotopic (exact) mass is 201 g/mol. The van der Waals surface area contributed by atoms with E-state index in [2.05, 4.69) is 23.4 Å². The third kappa shape index (κ3) is 2.67. The van der Waals surface area contributed by atoms with Gasteiger partial charge >= 0.3 is 0 Å². The quantitative estimate of drug-likeness (QED) is 0.813. The lowest BCUT2D eigenvalue weighted by Gasteiger charge is -2.00. The Morgan fingerprint density at radius 1 is 1.13 bits per heavy atom. The average Bonchev–Trinajstić information content (AvgIpc) is 2.68. The molecule has 1 heterocycles. The zero-order valence-corrected chi connectivity index (χ0v) is 8.63. The first-order valence-electron chi connectivity index (χ1n) is 5.14. The van der Waals surface area contributed by atoms with Gasteiger partial charge in [-0.25, -0.2) is 0 Å². The Bertz CT molecular complexity index is 406. The summed E-state index contributed by atoms with van der Waals surface area (Å²) < 4.78 is 1.94. The van der Waals surface area contributed by atoms with Gasteiger partial charge in [-0.2, -0.15) is 5.10 Å². The topological polar surface area (TPSA) is 43.8 Å². The van der Waals surface area contributed by atoms with Gasteiger partial charge in [-0.1, -0.05) is 30.3 Å². The van der Waals surface area contributed by atoms with Crippen molar-refractivity contribution in [2.45, 2.75) is 13.0 Å². The molecule has 0 saturated carbocycles. The fourth-order valence-electron chi connectivity index (χ4n) is 1.56. The molecule has 0 aliphatic heterocycles. The molecule has 0 amide bonds. The predicted octanol–water partition coefficient (Wildman–Crippen LogP) is 1.43. The molecule has 0 spiro atoms. The van der Waals surface area contributed by atoms with Crippen LogP contribution in [0.5, 0.6) is 0 Å². The summed E-state index contributed by atoms with van der Waals surface area (Å²) in [5.74, 6) is 0. The van der Waals surface area contributed by atoms with Crippen molar-refractivity contribution in [2.24, 2.45) is 5.73 Å². The van der Waals surface area contributed by atoms with Gasteiger partial charge in [0, 0.05) is 6.20 Å². The molecule has 0 bridgehead atoms. The summed E-state index contributed by atoms with van der Waals surface area (Å²) in [4.78, 5) is 0. The number of rotatable bonds is 4. The van der Waals surface area contributed by atoms with E-state index in [9.17, 15) is 0 Å². The van der Waals surface area contributed by atoms with E-state index in [1.54, 1.807) is 0 Å². The van der Waals surface area contributed by atoms with Crippen LogP contribution in [0.3, 0.4) is 0 Å². The van der Waals surface area contributed by atoms with Crippen LogP contribution >= 0.6 is 0 Å². The Hall–Kier alpha value is -1.61. The van der Waals surface area contributed by atoms with Crippen molar-refractivity contribution < 1.29 is 0 Å². The molecule has 0 saturated heterocycles. The van der Waals surface area contributed by atoms with Gasteiger partial charge in [-0.3, -0.25) is 4.68 Å². The first kappa shape index (κ1) is 9.93. The smallest absolute Gasteiger partial charge is 0.0659 e. The summed E-state index contributed by atoms with van der Waals surface area (Å²) in [5, 5.41) is 4.29. The van der Waals surface area contributed by atoms with Gasteiger partial charge in [0.15, 0.2) is 0 Å². The average molecular weight is 201 g/mol. The van der Waals surface area contributed by atoms with Gasteiger partial charge in [-0.15, -0.1) is 0 Å². The molecule has 2 N–H and O–H groups in total. The molecule has 0 unspecified atom stereocenters. The Kier molecular flexibility index (Phi) is 3.15. The van der Waals surface area contributed by atoms with Crippen LogP contribution in [0.4, 0.5) is 0 Å². The molecule has 0 aliphatic rings. The SMILES string of the molecule is NCCc1cnn(Cc2ccccc2)c1. The first-order chi connectivity index (χ1) is 7.38. The van der Waals surface area contributed by atoms with Gasteiger partial charge in [-0.05, 0) is 24.1 Å². The number of hydrogen-bond acceptors (Lipinski definition) is 2. The van der Waals surface area contributed by atoms with Crippen LogP contribution in [-0.4, -0.2) is 16.3 Å². The molecule has 15 heavy (non-hydrogen) atoms. The van der Waals surface area contributed by atoms with Crippen LogP contribution in [0.25, 0.3) is 0 Å². The first-order valence-corrected chi connectivity index (χ1v) is 5.14. The van der Waals surface area contributed by atoms with Crippen molar-refractivity contribution in [3.8, 4) is 0 Å². The summed E-state index contributed by atoms with van der Waals surface area (Å²) in [7, 11) is 0. The second kappa shape index (κ2) is 4.75. The highest BCUT2D eigenvalue weighted by atomic mass is 15.3. The van der Waals surface area contributed by atoms with Gasteiger partial charge < -0.3 is 5.73 Å². The highest BCUT2D eigenvalue weighted by Crippen LogP contribution is 2.03. The highest BCUT2D eigenvalue weighted by Gasteiger charge is 1.98. The fourth-order valence-corrected chi connectivity index (χ4v) is 1.56. The lowest BCUT2D eigenvalue weighted by atomic mass is 10.2. The van der Waals surface area contributed by atoms with Gasteiger partial charge in [0.1, 0.15) is 0 Å². The number of hydrogen-bond donors (Lipinski definition) is 1. The van der Waals surface area contributed by atoms with E-state index in [1.807, 2.05) is 29.1 Å². The van der Waals surface area contributed by atoms with E-state index in [0.717, 1.165) is 13.0 Å². The molecule has 0 fully saturated rings. The maximum absolute atomic E-state index is 5.49. The van der Waals surface area contributed by atoms with Crippen molar-refractivity contribution in [3.63, 3.8) is 0 Å². The zero-order valence-electron chi connectivity index (χ0n) is 8.63. The molecule has 3 nitrogen and oxygen atoms in total. The van der Waals surface area contributed by atoms with E-state index in [1.165, 1.54) is 11.1 Å². The normalized spacial score (nSPS) is 10.5. The summed E-state index contributed by atoms with van der Waals surface area (Å²) in [6, 6.07) is 10.3. The lowest BCUT2D eigenvalue weighted by Crippen LogP contribution is -2.02. The van der Waals surface area contributed by atoms with Crippen LogP contribution in [0.2, 0.25) is 0 Å². The molecular formula is C12H15N3. The van der Waals surface area contributed by atoms with Crippen molar-refractivity contribution in [1.82, 2.24) is 9.78 Å². The molecule has 78 valence electrons. The number of benzene rings is 1. The van der Waals surface area contributed by atoms with Crippen molar-refractivity contribution >= 4 is 0 Å². The summed E-state index contributed by atoms with van der Waals surface area (Å²) in [6.45, 7) is 1.50. The zero-order chi connectivity index (χ0) is 10.5. The van der Waals surface area contributed by atoms with Gasteiger partial charge in [0.2, 0.25) is 0 Å². The second-order valence-electron chi connectivity index (χ2n) is 3.57. The lowest BCUT2D eigenvalue weighted by molar-refractivity contribution is 0.686. The minimum absolute atomic E-state index is 0.678. The number of nitrogens with two attached hydrogens (primary N) is 1. The standard InChI is InChI=1S/C12H15N3/c13-7-6-12-8-14-15(10-12)9-11-4-2-1-3-5-11/h1-5,8,10H,6-7,9,13H2. The molecule has 0 radical (unpaired) electrons. The third-order valence-corrected chi connectivity index (χ3v) is 2.31. The van der Waals surface area contributed by atoms with E-state index < -0.39 is 0 Å². The van der Waals surface area contributed by atoms with Crippen molar-refractivity contribution in [1.29, 1.82) is 0 Å². The summed E-state index contributed by atoms with van der Waals surface area (Å²) in [6.07, 6.45) is 4.84. The Morgan fingerprint density at radius 3 is 2.67 bits per heavy atom.